The maximum Gasteiger partial charge on any atom is 0.226 e. The predicted octanol–water partition coefficient (Wildman–Crippen LogP) is 5.11. The third-order valence-corrected chi connectivity index (χ3v) is 5.68. The molecule has 2 aromatic carbocycles. The van der Waals surface area contributed by atoms with Gasteiger partial charge in [0.25, 0.3) is 0 Å². The topological polar surface area (TPSA) is 59.8 Å². The smallest absolute Gasteiger partial charge is 0.226 e. The molecular formula is C22H22N4OS. The van der Waals surface area contributed by atoms with Crippen LogP contribution in [0.5, 0.6) is 0 Å². The van der Waals surface area contributed by atoms with Crippen LogP contribution < -0.4 is 5.32 Å². The van der Waals surface area contributed by atoms with E-state index in [0.717, 1.165) is 33.2 Å². The van der Waals surface area contributed by atoms with Crippen LogP contribution in [0.3, 0.4) is 0 Å². The van der Waals surface area contributed by atoms with Gasteiger partial charge < -0.3 is 5.32 Å². The highest BCUT2D eigenvalue weighted by atomic mass is 32.1. The molecule has 0 atom stereocenters. The fourth-order valence-electron chi connectivity index (χ4n) is 3.18. The fraction of sp³-hybridized carbons (Fsp3) is 0.227. The number of nitrogens with one attached hydrogen (secondary N) is 1. The van der Waals surface area contributed by atoms with E-state index < -0.39 is 0 Å². The number of benzene rings is 2. The molecule has 0 saturated heterocycles. The Morgan fingerprint density at radius 3 is 2.57 bits per heavy atom. The molecule has 28 heavy (non-hydrogen) atoms. The zero-order valence-corrected chi connectivity index (χ0v) is 17.0. The van der Waals surface area contributed by atoms with Crippen LogP contribution in [-0.2, 0) is 11.3 Å². The SMILES string of the molecule is Cc1ccc2nc(-c3ccc(NC(=O)CCn4nc(C)cc4C)cc3)sc2c1. The molecule has 2 aromatic heterocycles. The number of aromatic nitrogens is 3. The zero-order valence-electron chi connectivity index (χ0n) is 16.2. The highest BCUT2D eigenvalue weighted by Crippen LogP contribution is 2.31. The van der Waals surface area contributed by atoms with Crippen molar-refractivity contribution >= 4 is 33.1 Å². The Morgan fingerprint density at radius 2 is 1.86 bits per heavy atom. The average Bonchev–Trinajstić information content (AvgIpc) is 3.22. The van der Waals surface area contributed by atoms with Crippen LogP contribution in [0.25, 0.3) is 20.8 Å². The molecule has 0 aliphatic carbocycles. The lowest BCUT2D eigenvalue weighted by molar-refractivity contribution is -0.116. The maximum atomic E-state index is 12.2. The summed E-state index contributed by atoms with van der Waals surface area (Å²) in [7, 11) is 0. The second-order valence-electron chi connectivity index (χ2n) is 7.02. The minimum absolute atomic E-state index is 0.0178. The standard InChI is InChI=1S/C22H22N4OS/c1-14-4-9-19-20(12-14)28-22(24-19)17-5-7-18(8-6-17)23-21(27)10-11-26-16(3)13-15(2)25-26/h4-9,12-13H,10-11H2,1-3H3,(H,23,27). The van der Waals surface area contributed by atoms with Crippen molar-refractivity contribution in [1.29, 1.82) is 0 Å². The minimum Gasteiger partial charge on any atom is -0.326 e. The number of nitrogens with zero attached hydrogens (tertiary/aromatic N) is 3. The van der Waals surface area contributed by atoms with E-state index in [-0.39, 0.29) is 5.91 Å². The maximum absolute atomic E-state index is 12.2. The van der Waals surface area contributed by atoms with Gasteiger partial charge in [0, 0.05) is 29.9 Å². The predicted molar refractivity (Wildman–Crippen MR) is 115 cm³/mol. The van der Waals surface area contributed by atoms with Crippen LogP contribution in [-0.4, -0.2) is 20.7 Å². The van der Waals surface area contributed by atoms with Gasteiger partial charge in [-0.3, -0.25) is 9.48 Å². The van der Waals surface area contributed by atoms with Crippen molar-refractivity contribution in [3.8, 4) is 10.6 Å². The molecule has 6 heteroatoms. The first kappa shape index (κ1) is 18.4. The molecule has 0 bridgehead atoms. The number of amides is 1. The van der Waals surface area contributed by atoms with E-state index in [1.807, 2.05) is 48.9 Å². The van der Waals surface area contributed by atoms with E-state index in [4.69, 9.17) is 4.98 Å². The fourth-order valence-corrected chi connectivity index (χ4v) is 4.25. The van der Waals surface area contributed by atoms with Crippen molar-refractivity contribution in [2.24, 2.45) is 0 Å². The summed E-state index contributed by atoms with van der Waals surface area (Å²) in [5, 5.41) is 8.33. The molecule has 0 aliphatic heterocycles. The lowest BCUT2D eigenvalue weighted by atomic mass is 10.2. The molecule has 4 aromatic rings. The van der Waals surface area contributed by atoms with Crippen LogP contribution in [0, 0.1) is 20.8 Å². The van der Waals surface area contributed by atoms with E-state index in [1.165, 1.54) is 10.3 Å². The van der Waals surface area contributed by atoms with Crippen LogP contribution in [0.1, 0.15) is 23.4 Å². The largest absolute Gasteiger partial charge is 0.326 e. The van der Waals surface area contributed by atoms with Crippen molar-refractivity contribution in [3.05, 3.63) is 65.5 Å². The molecule has 0 radical (unpaired) electrons. The van der Waals surface area contributed by atoms with Crippen molar-refractivity contribution in [2.75, 3.05) is 5.32 Å². The average molecular weight is 391 g/mol. The molecule has 1 amide bonds. The summed E-state index contributed by atoms with van der Waals surface area (Å²) in [6.45, 7) is 6.62. The van der Waals surface area contributed by atoms with Crippen molar-refractivity contribution in [3.63, 3.8) is 0 Å². The normalized spacial score (nSPS) is 11.1. The third-order valence-electron chi connectivity index (χ3n) is 4.61. The first-order chi connectivity index (χ1) is 13.5. The summed E-state index contributed by atoms with van der Waals surface area (Å²) < 4.78 is 3.06. The second-order valence-corrected chi connectivity index (χ2v) is 8.05. The van der Waals surface area contributed by atoms with Gasteiger partial charge in [-0.1, -0.05) is 6.07 Å². The van der Waals surface area contributed by atoms with Crippen LogP contribution in [0.4, 0.5) is 5.69 Å². The Balaban J connectivity index is 1.41. The number of thiazole rings is 1. The number of anilines is 1. The highest BCUT2D eigenvalue weighted by molar-refractivity contribution is 7.21. The van der Waals surface area contributed by atoms with Gasteiger partial charge in [-0.2, -0.15) is 5.10 Å². The van der Waals surface area contributed by atoms with Crippen molar-refractivity contribution < 1.29 is 4.79 Å². The summed E-state index contributed by atoms with van der Waals surface area (Å²) in [5.74, 6) is -0.0178. The molecule has 0 spiro atoms. The minimum atomic E-state index is -0.0178. The molecule has 2 heterocycles. The van der Waals surface area contributed by atoms with Crippen LogP contribution >= 0.6 is 11.3 Å². The quantitative estimate of drug-likeness (QED) is 0.515. The van der Waals surface area contributed by atoms with E-state index in [0.29, 0.717) is 13.0 Å². The van der Waals surface area contributed by atoms with E-state index in [9.17, 15) is 4.79 Å². The first-order valence-electron chi connectivity index (χ1n) is 9.26. The lowest BCUT2D eigenvalue weighted by Gasteiger charge is -2.07. The summed E-state index contributed by atoms with van der Waals surface area (Å²) in [5.41, 5.74) is 6.14. The van der Waals surface area contributed by atoms with Gasteiger partial charge in [-0.05, 0) is 68.8 Å². The van der Waals surface area contributed by atoms with Gasteiger partial charge in [-0.25, -0.2) is 4.98 Å². The van der Waals surface area contributed by atoms with Gasteiger partial charge in [0.2, 0.25) is 5.91 Å². The van der Waals surface area contributed by atoms with E-state index in [1.54, 1.807) is 11.3 Å². The molecule has 0 aliphatic rings. The summed E-state index contributed by atoms with van der Waals surface area (Å²) in [4.78, 5) is 17.0. The molecule has 0 fully saturated rings. The Morgan fingerprint density at radius 1 is 1.07 bits per heavy atom. The van der Waals surface area contributed by atoms with Gasteiger partial charge in [0.15, 0.2) is 0 Å². The van der Waals surface area contributed by atoms with Crippen molar-refractivity contribution in [1.82, 2.24) is 14.8 Å². The summed E-state index contributed by atoms with van der Waals surface area (Å²) >= 11 is 1.69. The van der Waals surface area contributed by atoms with Gasteiger partial charge in [0.05, 0.1) is 15.9 Å². The first-order valence-corrected chi connectivity index (χ1v) is 10.1. The molecular weight excluding hydrogens is 368 g/mol. The molecule has 4 rings (SSSR count). The van der Waals surface area contributed by atoms with E-state index in [2.05, 4.69) is 35.5 Å². The molecule has 1 N–H and O–H groups in total. The Hall–Kier alpha value is -2.99. The van der Waals surface area contributed by atoms with Crippen molar-refractivity contribution in [2.45, 2.75) is 33.7 Å². The Bertz CT molecular complexity index is 1140. The summed E-state index contributed by atoms with van der Waals surface area (Å²) in [6, 6.07) is 16.2. The third kappa shape index (κ3) is 3.97. The number of carbonyl (C=O) groups is 1. The lowest BCUT2D eigenvalue weighted by Crippen LogP contribution is -2.15. The Labute approximate surface area is 168 Å². The second kappa shape index (κ2) is 7.56. The molecule has 0 saturated carbocycles. The Kier molecular flexibility index (Phi) is 4.96. The monoisotopic (exact) mass is 390 g/mol. The van der Waals surface area contributed by atoms with Crippen LogP contribution in [0.2, 0.25) is 0 Å². The zero-order chi connectivity index (χ0) is 19.7. The number of hydrogen-bond donors (Lipinski definition) is 1. The van der Waals surface area contributed by atoms with Crippen LogP contribution in [0.15, 0.2) is 48.5 Å². The molecule has 142 valence electrons. The number of aryl methyl sites for hydroxylation is 4. The number of rotatable bonds is 5. The number of hydrogen-bond acceptors (Lipinski definition) is 4. The summed E-state index contributed by atoms with van der Waals surface area (Å²) in [6.07, 6.45) is 0.390. The molecule has 0 unspecified atom stereocenters. The van der Waals surface area contributed by atoms with E-state index >= 15 is 0 Å². The number of carbonyl (C=O) groups excluding carboxylic acids is 1. The number of fused-ring (bicyclic) bond motifs is 1. The highest BCUT2D eigenvalue weighted by Gasteiger charge is 2.09. The molecule has 5 nitrogen and oxygen atoms in total. The van der Waals surface area contributed by atoms with Gasteiger partial charge in [0.1, 0.15) is 5.01 Å². The van der Waals surface area contributed by atoms with Gasteiger partial charge in [-0.15, -0.1) is 11.3 Å². The van der Waals surface area contributed by atoms with Gasteiger partial charge >= 0.3 is 0 Å².